The standard InChI is InChI=1S/C17H20N2O/c1-13-9-14(12-20)10-17(18-13)19-8-4-7-15-5-2-3-6-16(15)11-19/h2-3,5-6,9-10,20H,4,7-8,11-12H2,1H3. The highest BCUT2D eigenvalue weighted by Gasteiger charge is 2.15. The zero-order valence-electron chi connectivity index (χ0n) is 11.8. The molecule has 2 heterocycles. The van der Waals surface area contributed by atoms with Gasteiger partial charge in [-0.15, -0.1) is 0 Å². The average molecular weight is 268 g/mol. The summed E-state index contributed by atoms with van der Waals surface area (Å²) >= 11 is 0. The molecule has 0 aliphatic carbocycles. The van der Waals surface area contributed by atoms with Gasteiger partial charge >= 0.3 is 0 Å². The molecule has 0 saturated heterocycles. The Morgan fingerprint density at radius 1 is 1.20 bits per heavy atom. The van der Waals surface area contributed by atoms with Gasteiger partial charge in [0.2, 0.25) is 0 Å². The van der Waals surface area contributed by atoms with Crippen molar-refractivity contribution in [1.29, 1.82) is 0 Å². The van der Waals surface area contributed by atoms with Crippen LogP contribution in [0.25, 0.3) is 0 Å². The largest absolute Gasteiger partial charge is 0.392 e. The van der Waals surface area contributed by atoms with Crippen LogP contribution in [0.3, 0.4) is 0 Å². The molecule has 0 radical (unpaired) electrons. The predicted octanol–water partition coefficient (Wildman–Crippen LogP) is 2.84. The van der Waals surface area contributed by atoms with Gasteiger partial charge in [0.05, 0.1) is 6.61 Å². The van der Waals surface area contributed by atoms with Crippen LogP contribution in [0, 0.1) is 6.92 Å². The van der Waals surface area contributed by atoms with E-state index in [1.165, 1.54) is 11.1 Å². The number of hydrogen-bond donors (Lipinski definition) is 1. The van der Waals surface area contributed by atoms with Gasteiger partial charge in [-0.25, -0.2) is 4.98 Å². The topological polar surface area (TPSA) is 36.4 Å². The second kappa shape index (κ2) is 5.63. The Balaban J connectivity index is 1.93. The maximum absolute atomic E-state index is 9.35. The zero-order chi connectivity index (χ0) is 13.9. The molecular formula is C17H20N2O. The van der Waals surface area contributed by atoms with E-state index in [0.717, 1.165) is 43.0 Å². The molecule has 0 fully saturated rings. The van der Waals surface area contributed by atoms with E-state index in [0.29, 0.717) is 0 Å². The first-order chi connectivity index (χ1) is 9.76. The number of anilines is 1. The summed E-state index contributed by atoms with van der Waals surface area (Å²) in [5, 5.41) is 9.35. The number of aryl methyl sites for hydroxylation is 2. The van der Waals surface area contributed by atoms with Gasteiger partial charge in [0.15, 0.2) is 0 Å². The van der Waals surface area contributed by atoms with Crippen LogP contribution >= 0.6 is 0 Å². The fraction of sp³-hybridized carbons (Fsp3) is 0.353. The van der Waals surface area contributed by atoms with Gasteiger partial charge in [0.25, 0.3) is 0 Å². The van der Waals surface area contributed by atoms with E-state index in [1.54, 1.807) is 0 Å². The number of pyridine rings is 1. The monoisotopic (exact) mass is 268 g/mol. The van der Waals surface area contributed by atoms with Crippen molar-refractivity contribution in [1.82, 2.24) is 4.98 Å². The Hall–Kier alpha value is -1.87. The summed E-state index contributed by atoms with van der Waals surface area (Å²) in [5.74, 6) is 0.978. The van der Waals surface area contributed by atoms with Crippen molar-refractivity contribution in [3.05, 3.63) is 58.8 Å². The SMILES string of the molecule is Cc1cc(CO)cc(N2CCCc3ccccc3C2)n1. The average Bonchev–Trinajstić information content (AvgIpc) is 2.68. The van der Waals surface area contributed by atoms with E-state index in [2.05, 4.69) is 34.1 Å². The minimum Gasteiger partial charge on any atom is -0.392 e. The molecular weight excluding hydrogens is 248 g/mol. The van der Waals surface area contributed by atoms with Crippen molar-refractivity contribution in [3.63, 3.8) is 0 Å². The molecule has 1 aliphatic rings. The first-order valence-corrected chi connectivity index (χ1v) is 7.16. The zero-order valence-corrected chi connectivity index (χ0v) is 11.8. The Morgan fingerprint density at radius 2 is 2.00 bits per heavy atom. The number of benzene rings is 1. The highest BCUT2D eigenvalue weighted by Crippen LogP contribution is 2.23. The molecule has 0 saturated carbocycles. The Bertz CT molecular complexity index is 610. The molecule has 0 bridgehead atoms. The summed E-state index contributed by atoms with van der Waals surface area (Å²) in [6.45, 7) is 3.96. The summed E-state index contributed by atoms with van der Waals surface area (Å²) in [5.41, 5.74) is 4.73. The number of nitrogens with zero attached hydrogens (tertiary/aromatic N) is 2. The molecule has 0 amide bonds. The van der Waals surface area contributed by atoms with E-state index in [1.807, 2.05) is 19.1 Å². The first kappa shape index (κ1) is 13.1. The fourth-order valence-corrected chi connectivity index (χ4v) is 2.87. The summed E-state index contributed by atoms with van der Waals surface area (Å²) in [6, 6.07) is 12.6. The number of aromatic nitrogens is 1. The van der Waals surface area contributed by atoms with Crippen LogP contribution in [0.4, 0.5) is 5.82 Å². The lowest BCUT2D eigenvalue weighted by atomic mass is 10.0. The molecule has 1 N–H and O–H groups in total. The van der Waals surface area contributed by atoms with Crippen molar-refractivity contribution < 1.29 is 5.11 Å². The van der Waals surface area contributed by atoms with Gasteiger partial charge in [-0.1, -0.05) is 24.3 Å². The number of hydrogen-bond acceptors (Lipinski definition) is 3. The van der Waals surface area contributed by atoms with E-state index in [4.69, 9.17) is 0 Å². The Kier molecular flexibility index (Phi) is 3.70. The number of aliphatic hydroxyl groups excluding tert-OH is 1. The van der Waals surface area contributed by atoms with Crippen LogP contribution in [-0.2, 0) is 19.6 Å². The highest BCUT2D eigenvalue weighted by molar-refractivity contribution is 5.45. The lowest BCUT2D eigenvalue weighted by Crippen LogP contribution is -2.24. The summed E-state index contributed by atoms with van der Waals surface area (Å²) < 4.78 is 0. The van der Waals surface area contributed by atoms with Gasteiger partial charge in [0, 0.05) is 18.8 Å². The second-order valence-corrected chi connectivity index (χ2v) is 5.43. The minimum atomic E-state index is 0.0702. The van der Waals surface area contributed by atoms with Crippen molar-refractivity contribution >= 4 is 5.82 Å². The van der Waals surface area contributed by atoms with Gasteiger partial charge < -0.3 is 10.0 Å². The van der Waals surface area contributed by atoms with Crippen LogP contribution in [0.5, 0.6) is 0 Å². The van der Waals surface area contributed by atoms with E-state index in [-0.39, 0.29) is 6.61 Å². The van der Waals surface area contributed by atoms with Crippen molar-refractivity contribution in [2.75, 3.05) is 11.4 Å². The number of rotatable bonds is 2. The van der Waals surface area contributed by atoms with Gasteiger partial charge in [-0.2, -0.15) is 0 Å². The highest BCUT2D eigenvalue weighted by atomic mass is 16.3. The minimum absolute atomic E-state index is 0.0702. The van der Waals surface area contributed by atoms with Crippen LogP contribution in [0.1, 0.15) is 28.8 Å². The van der Waals surface area contributed by atoms with Gasteiger partial charge in [-0.05, 0) is 48.6 Å². The molecule has 1 aromatic heterocycles. The lowest BCUT2D eigenvalue weighted by molar-refractivity contribution is 0.281. The van der Waals surface area contributed by atoms with Crippen LogP contribution in [0.15, 0.2) is 36.4 Å². The van der Waals surface area contributed by atoms with E-state index >= 15 is 0 Å². The van der Waals surface area contributed by atoms with E-state index < -0.39 is 0 Å². The second-order valence-electron chi connectivity index (χ2n) is 5.43. The molecule has 0 spiro atoms. The molecule has 1 aliphatic heterocycles. The molecule has 3 heteroatoms. The Morgan fingerprint density at radius 3 is 2.80 bits per heavy atom. The maximum Gasteiger partial charge on any atom is 0.129 e. The van der Waals surface area contributed by atoms with Gasteiger partial charge in [0.1, 0.15) is 5.82 Å². The third kappa shape index (κ3) is 2.68. The molecule has 2 aromatic rings. The molecule has 3 rings (SSSR count). The van der Waals surface area contributed by atoms with Crippen molar-refractivity contribution in [3.8, 4) is 0 Å². The van der Waals surface area contributed by atoms with Crippen LogP contribution in [0.2, 0.25) is 0 Å². The number of fused-ring (bicyclic) bond motifs is 1. The molecule has 104 valence electrons. The molecule has 0 unspecified atom stereocenters. The molecule has 20 heavy (non-hydrogen) atoms. The first-order valence-electron chi connectivity index (χ1n) is 7.16. The van der Waals surface area contributed by atoms with Crippen LogP contribution in [-0.4, -0.2) is 16.6 Å². The molecule has 0 atom stereocenters. The number of aliphatic hydroxyl groups is 1. The Labute approximate surface area is 119 Å². The summed E-state index contributed by atoms with van der Waals surface area (Å²) in [6.07, 6.45) is 2.27. The molecule has 1 aromatic carbocycles. The predicted molar refractivity (Wildman–Crippen MR) is 80.7 cm³/mol. The summed E-state index contributed by atoms with van der Waals surface area (Å²) in [7, 11) is 0. The fourth-order valence-electron chi connectivity index (χ4n) is 2.87. The third-order valence-corrected chi connectivity index (χ3v) is 3.86. The summed E-state index contributed by atoms with van der Waals surface area (Å²) in [4.78, 5) is 6.95. The van der Waals surface area contributed by atoms with Crippen molar-refractivity contribution in [2.24, 2.45) is 0 Å². The molecule has 3 nitrogen and oxygen atoms in total. The lowest BCUT2D eigenvalue weighted by Gasteiger charge is -2.23. The maximum atomic E-state index is 9.35. The van der Waals surface area contributed by atoms with Gasteiger partial charge in [-0.3, -0.25) is 0 Å². The smallest absolute Gasteiger partial charge is 0.129 e. The van der Waals surface area contributed by atoms with Crippen LogP contribution < -0.4 is 4.90 Å². The van der Waals surface area contributed by atoms with E-state index in [9.17, 15) is 5.11 Å². The van der Waals surface area contributed by atoms with Crippen molar-refractivity contribution in [2.45, 2.75) is 32.9 Å². The third-order valence-electron chi connectivity index (χ3n) is 3.86. The normalized spacial score (nSPS) is 14.8. The quantitative estimate of drug-likeness (QED) is 0.910.